The van der Waals surface area contributed by atoms with Crippen molar-refractivity contribution < 1.29 is 24.2 Å². The summed E-state index contributed by atoms with van der Waals surface area (Å²) in [6, 6.07) is 5.10. The zero-order valence-electron chi connectivity index (χ0n) is 13.6. The Labute approximate surface area is 138 Å². The predicted molar refractivity (Wildman–Crippen MR) is 88.7 cm³/mol. The van der Waals surface area contributed by atoms with Crippen molar-refractivity contribution in [3.05, 3.63) is 52.1 Å². The summed E-state index contributed by atoms with van der Waals surface area (Å²) < 4.78 is 5.10. The topological polar surface area (TPSA) is 80.7 Å². The zero-order valence-corrected chi connectivity index (χ0v) is 13.6. The van der Waals surface area contributed by atoms with Crippen molar-refractivity contribution in [3.63, 3.8) is 0 Å². The Balaban J connectivity index is 2.52. The first-order valence-corrected chi connectivity index (χ1v) is 7.60. The van der Waals surface area contributed by atoms with Crippen LogP contribution >= 0.6 is 0 Å². The first-order valence-electron chi connectivity index (χ1n) is 7.60. The van der Waals surface area contributed by atoms with Gasteiger partial charge in [-0.25, -0.2) is 4.79 Å². The van der Waals surface area contributed by atoms with Crippen LogP contribution in [0.4, 0.5) is 0 Å². The number of Topliss-reactive ketones (excluding diaryl/α,β-unsaturated/α-hetero) is 1. The molecule has 2 aromatic carbocycles. The van der Waals surface area contributed by atoms with Crippen molar-refractivity contribution in [3.8, 4) is 5.75 Å². The summed E-state index contributed by atoms with van der Waals surface area (Å²) in [5.74, 6) is -1.91. The molecular formula is C19H16O5. The van der Waals surface area contributed by atoms with E-state index < -0.39 is 17.5 Å². The van der Waals surface area contributed by atoms with E-state index in [1.54, 1.807) is 25.1 Å². The molecular weight excluding hydrogens is 308 g/mol. The fourth-order valence-electron chi connectivity index (χ4n) is 3.00. The number of benzene rings is 2. The average molecular weight is 324 g/mol. The molecule has 0 fully saturated rings. The summed E-state index contributed by atoms with van der Waals surface area (Å²) in [7, 11) is 0. The van der Waals surface area contributed by atoms with Crippen LogP contribution in [-0.4, -0.2) is 29.2 Å². The third-order valence-corrected chi connectivity index (χ3v) is 4.10. The summed E-state index contributed by atoms with van der Waals surface area (Å²) in [5.41, 5.74) is 0.909. The molecule has 0 saturated carbocycles. The number of aryl methyl sites for hydroxylation is 1. The van der Waals surface area contributed by atoms with E-state index in [2.05, 4.69) is 0 Å². The third-order valence-electron chi connectivity index (χ3n) is 4.10. The smallest absolute Gasteiger partial charge is 0.339 e. The Bertz CT molecular complexity index is 950. The van der Waals surface area contributed by atoms with Gasteiger partial charge < -0.3 is 9.84 Å². The molecule has 5 nitrogen and oxygen atoms in total. The van der Waals surface area contributed by atoms with Gasteiger partial charge in [-0.1, -0.05) is 23.8 Å². The van der Waals surface area contributed by atoms with Crippen LogP contribution in [0.1, 0.15) is 50.5 Å². The van der Waals surface area contributed by atoms with Gasteiger partial charge in [-0.2, -0.15) is 0 Å². The molecule has 0 atom stereocenters. The van der Waals surface area contributed by atoms with Crippen molar-refractivity contribution >= 4 is 28.3 Å². The third kappa shape index (κ3) is 2.21. The second-order valence-corrected chi connectivity index (χ2v) is 5.76. The maximum atomic E-state index is 12.6. The van der Waals surface area contributed by atoms with Crippen molar-refractivity contribution in [1.82, 2.24) is 0 Å². The molecule has 0 aliphatic heterocycles. The highest BCUT2D eigenvalue weighted by molar-refractivity contribution is 6.31. The second-order valence-electron chi connectivity index (χ2n) is 5.76. The Kier molecular flexibility index (Phi) is 3.72. The summed E-state index contributed by atoms with van der Waals surface area (Å²) in [6.07, 6.45) is 1.18. The molecule has 0 heterocycles. The van der Waals surface area contributed by atoms with Gasteiger partial charge in [0, 0.05) is 16.3 Å². The number of ether oxygens (including phenoxy) is 1. The quantitative estimate of drug-likeness (QED) is 0.857. The van der Waals surface area contributed by atoms with Gasteiger partial charge in [0.2, 0.25) is 0 Å². The van der Waals surface area contributed by atoms with E-state index in [1.165, 1.54) is 13.0 Å². The SMILES string of the molecule is CCOC(=O)c1c2c(c(O)c3ccc(C)cc13)C(=O)C=C(C)C2=O. The van der Waals surface area contributed by atoms with Crippen molar-refractivity contribution in [2.24, 2.45) is 0 Å². The minimum absolute atomic E-state index is 0.0362. The lowest BCUT2D eigenvalue weighted by Crippen LogP contribution is -2.22. The standard InChI is InChI=1S/C19H16O5/c1-4-24-19(23)14-12-7-9(2)5-6-11(12)18(22)15-13(20)8-10(3)17(21)16(14)15/h5-8,22H,4H2,1-3H3. The number of hydrogen-bond donors (Lipinski definition) is 1. The molecule has 3 rings (SSSR count). The van der Waals surface area contributed by atoms with E-state index in [9.17, 15) is 19.5 Å². The van der Waals surface area contributed by atoms with E-state index >= 15 is 0 Å². The van der Waals surface area contributed by atoms with Crippen LogP contribution in [0.25, 0.3) is 10.8 Å². The van der Waals surface area contributed by atoms with E-state index in [4.69, 9.17) is 4.74 Å². The molecule has 122 valence electrons. The van der Waals surface area contributed by atoms with Crippen LogP contribution in [0.3, 0.4) is 0 Å². The summed E-state index contributed by atoms with van der Waals surface area (Å²) in [4.78, 5) is 37.5. The number of carbonyl (C=O) groups excluding carboxylic acids is 3. The maximum absolute atomic E-state index is 12.6. The molecule has 0 unspecified atom stereocenters. The predicted octanol–water partition coefficient (Wildman–Crippen LogP) is 3.36. The highest BCUT2D eigenvalue weighted by atomic mass is 16.5. The van der Waals surface area contributed by atoms with Crippen LogP contribution in [-0.2, 0) is 4.74 Å². The number of ketones is 2. The van der Waals surface area contributed by atoms with Crippen LogP contribution in [0.5, 0.6) is 5.75 Å². The number of phenols is 1. The number of fused-ring (bicyclic) bond motifs is 2. The number of rotatable bonds is 2. The minimum Gasteiger partial charge on any atom is -0.507 e. The molecule has 0 aromatic heterocycles. The number of phenolic OH excluding ortho intramolecular Hbond substituents is 1. The number of hydrogen-bond acceptors (Lipinski definition) is 5. The van der Waals surface area contributed by atoms with Gasteiger partial charge in [-0.05, 0) is 26.8 Å². The molecule has 1 aliphatic rings. The largest absolute Gasteiger partial charge is 0.507 e. The molecule has 0 amide bonds. The molecule has 24 heavy (non-hydrogen) atoms. The molecule has 0 radical (unpaired) electrons. The van der Waals surface area contributed by atoms with Crippen LogP contribution in [0.2, 0.25) is 0 Å². The monoisotopic (exact) mass is 324 g/mol. The van der Waals surface area contributed by atoms with Gasteiger partial charge in [-0.15, -0.1) is 0 Å². The van der Waals surface area contributed by atoms with Gasteiger partial charge in [0.1, 0.15) is 5.75 Å². The molecule has 1 N–H and O–H groups in total. The minimum atomic E-state index is -0.680. The normalized spacial score (nSPS) is 13.7. The number of carbonyl (C=O) groups is 3. The van der Waals surface area contributed by atoms with Gasteiger partial charge in [0.15, 0.2) is 11.6 Å². The molecule has 0 saturated heterocycles. The first-order chi connectivity index (χ1) is 11.4. The van der Waals surface area contributed by atoms with Gasteiger partial charge in [0.05, 0.1) is 23.3 Å². The lowest BCUT2D eigenvalue weighted by Gasteiger charge is -2.20. The highest BCUT2D eigenvalue weighted by Gasteiger charge is 2.34. The molecule has 0 bridgehead atoms. The Morgan fingerprint density at radius 3 is 2.50 bits per heavy atom. The maximum Gasteiger partial charge on any atom is 0.339 e. The van der Waals surface area contributed by atoms with E-state index in [-0.39, 0.29) is 34.6 Å². The second kappa shape index (κ2) is 5.60. The Hall–Kier alpha value is -2.95. The van der Waals surface area contributed by atoms with Gasteiger partial charge in [-0.3, -0.25) is 9.59 Å². The molecule has 0 spiro atoms. The molecule has 2 aromatic rings. The van der Waals surface area contributed by atoms with Crippen molar-refractivity contribution in [2.45, 2.75) is 20.8 Å². The molecule has 5 heteroatoms. The van der Waals surface area contributed by atoms with Gasteiger partial charge >= 0.3 is 5.97 Å². The number of aromatic hydroxyl groups is 1. The van der Waals surface area contributed by atoms with Crippen LogP contribution in [0.15, 0.2) is 29.8 Å². The van der Waals surface area contributed by atoms with E-state index in [0.717, 1.165) is 5.56 Å². The van der Waals surface area contributed by atoms with Crippen LogP contribution in [0, 0.1) is 6.92 Å². The number of allylic oxidation sites excluding steroid dienone is 2. The lowest BCUT2D eigenvalue weighted by molar-refractivity contribution is 0.0526. The highest BCUT2D eigenvalue weighted by Crippen LogP contribution is 2.39. The van der Waals surface area contributed by atoms with Crippen molar-refractivity contribution in [2.75, 3.05) is 6.61 Å². The first kappa shape index (κ1) is 15.9. The summed E-state index contributed by atoms with van der Waals surface area (Å²) in [5, 5.41) is 11.3. The fourth-order valence-corrected chi connectivity index (χ4v) is 3.00. The fraction of sp³-hybridized carbons (Fsp3) is 0.211. The molecule has 1 aliphatic carbocycles. The van der Waals surface area contributed by atoms with Crippen molar-refractivity contribution in [1.29, 1.82) is 0 Å². The average Bonchev–Trinajstić information content (AvgIpc) is 2.52. The number of esters is 1. The summed E-state index contributed by atoms with van der Waals surface area (Å²) in [6.45, 7) is 5.15. The van der Waals surface area contributed by atoms with Crippen LogP contribution < -0.4 is 0 Å². The Morgan fingerprint density at radius 1 is 1.12 bits per heavy atom. The van der Waals surface area contributed by atoms with Gasteiger partial charge in [0.25, 0.3) is 0 Å². The summed E-state index contributed by atoms with van der Waals surface area (Å²) >= 11 is 0. The lowest BCUT2D eigenvalue weighted by atomic mass is 9.83. The Morgan fingerprint density at radius 2 is 1.83 bits per heavy atom. The zero-order chi connectivity index (χ0) is 17.6. The van der Waals surface area contributed by atoms with E-state index in [1.807, 2.05) is 6.92 Å². The van der Waals surface area contributed by atoms with E-state index in [0.29, 0.717) is 10.8 Å².